The molecule has 0 aromatic heterocycles. The third-order valence-electron chi connectivity index (χ3n) is 4.43. The van der Waals surface area contributed by atoms with Crippen molar-refractivity contribution in [2.75, 3.05) is 23.7 Å². The van der Waals surface area contributed by atoms with Gasteiger partial charge in [-0.3, -0.25) is 9.59 Å². The maximum atomic E-state index is 12.3. The van der Waals surface area contributed by atoms with Gasteiger partial charge in [0.2, 0.25) is 5.91 Å². The number of benzene rings is 3. The first-order chi connectivity index (χ1) is 13.7. The van der Waals surface area contributed by atoms with E-state index in [0.29, 0.717) is 17.8 Å². The molecule has 5 nitrogen and oxygen atoms in total. The van der Waals surface area contributed by atoms with E-state index >= 15 is 0 Å². The second-order valence-electron chi connectivity index (χ2n) is 6.65. The van der Waals surface area contributed by atoms with Crippen molar-refractivity contribution in [2.24, 2.45) is 0 Å². The quantitative estimate of drug-likeness (QED) is 0.511. The number of hydrogen-bond donors (Lipinski definition) is 3. The molecule has 3 aromatic rings. The normalized spacial score (nSPS) is 10.5. The molecule has 0 aliphatic carbocycles. The topological polar surface area (TPSA) is 70.2 Å². The van der Waals surface area contributed by atoms with Crippen molar-refractivity contribution in [3.05, 3.63) is 72.3 Å². The first kappa shape index (κ1) is 19.4. The Bertz CT molecular complexity index is 969. The Balaban J connectivity index is 1.55. The molecule has 3 rings (SSSR count). The average Bonchev–Trinajstić information content (AvgIpc) is 2.72. The van der Waals surface area contributed by atoms with Gasteiger partial charge in [-0.05, 0) is 47.5 Å². The number of carbonyl (C=O) groups is 2. The molecule has 144 valence electrons. The Morgan fingerprint density at radius 2 is 1.68 bits per heavy atom. The molecule has 2 amide bonds. The summed E-state index contributed by atoms with van der Waals surface area (Å²) in [4.78, 5) is 24.4. The van der Waals surface area contributed by atoms with Crippen LogP contribution in [0, 0.1) is 0 Å². The fourth-order valence-electron chi connectivity index (χ4n) is 2.91. The molecule has 5 heteroatoms. The summed E-state index contributed by atoms with van der Waals surface area (Å²) in [7, 11) is 0. The monoisotopic (exact) mass is 375 g/mol. The molecule has 0 heterocycles. The summed E-state index contributed by atoms with van der Waals surface area (Å²) in [5.74, 6) is -0.296. The summed E-state index contributed by atoms with van der Waals surface area (Å²) < 4.78 is 0. The van der Waals surface area contributed by atoms with E-state index in [-0.39, 0.29) is 18.4 Å². The molecule has 0 atom stereocenters. The van der Waals surface area contributed by atoms with Crippen molar-refractivity contribution in [3.8, 4) is 0 Å². The minimum Gasteiger partial charge on any atom is -0.376 e. The predicted octanol–water partition coefficient (Wildman–Crippen LogP) is 4.42. The zero-order valence-corrected chi connectivity index (χ0v) is 16.0. The summed E-state index contributed by atoms with van der Waals surface area (Å²) in [5.41, 5.74) is 2.03. The van der Waals surface area contributed by atoms with Gasteiger partial charge in [0.25, 0.3) is 5.91 Å². The van der Waals surface area contributed by atoms with E-state index in [1.807, 2.05) is 36.4 Å². The number of rotatable bonds is 8. The zero-order chi connectivity index (χ0) is 19.8. The SMILES string of the molecule is CCCCNC(=O)c1cccc(NC(=O)CNc2ccc3ccccc3c2)c1. The predicted molar refractivity (Wildman–Crippen MR) is 115 cm³/mol. The number of nitrogens with one attached hydrogen (secondary N) is 3. The van der Waals surface area contributed by atoms with Crippen LogP contribution in [-0.4, -0.2) is 24.9 Å². The lowest BCUT2D eigenvalue weighted by Crippen LogP contribution is -2.25. The van der Waals surface area contributed by atoms with Crippen LogP contribution in [0.1, 0.15) is 30.1 Å². The second-order valence-corrected chi connectivity index (χ2v) is 6.65. The smallest absolute Gasteiger partial charge is 0.251 e. The largest absolute Gasteiger partial charge is 0.376 e. The summed E-state index contributed by atoms with van der Waals surface area (Å²) in [5, 5.41) is 11.1. The molecule has 0 unspecified atom stereocenters. The molecule has 0 aliphatic heterocycles. The zero-order valence-electron chi connectivity index (χ0n) is 16.0. The van der Waals surface area contributed by atoms with Gasteiger partial charge in [-0.15, -0.1) is 0 Å². The Kier molecular flexibility index (Phi) is 6.63. The number of unbranched alkanes of at least 4 members (excludes halogenated alkanes) is 1. The third kappa shape index (κ3) is 5.33. The highest BCUT2D eigenvalue weighted by Gasteiger charge is 2.08. The molecular formula is C23H25N3O2. The first-order valence-electron chi connectivity index (χ1n) is 9.56. The Labute approximate surface area is 165 Å². The van der Waals surface area contributed by atoms with E-state index in [0.717, 1.165) is 29.3 Å². The van der Waals surface area contributed by atoms with Crippen molar-refractivity contribution in [1.82, 2.24) is 5.32 Å². The molecule has 0 bridgehead atoms. The molecule has 0 aliphatic rings. The van der Waals surface area contributed by atoms with Gasteiger partial charge >= 0.3 is 0 Å². The molecule has 28 heavy (non-hydrogen) atoms. The second kappa shape index (κ2) is 9.55. The van der Waals surface area contributed by atoms with E-state index in [2.05, 4.69) is 28.9 Å². The lowest BCUT2D eigenvalue weighted by atomic mass is 10.1. The van der Waals surface area contributed by atoms with Crippen molar-refractivity contribution in [1.29, 1.82) is 0 Å². The van der Waals surface area contributed by atoms with Gasteiger partial charge in [0.1, 0.15) is 0 Å². The Morgan fingerprint density at radius 1 is 0.857 bits per heavy atom. The van der Waals surface area contributed by atoms with E-state index in [1.54, 1.807) is 24.3 Å². The molecule has 0 saturated heterocycles. The van der Waals surface area contributed by atoms with Gasteiger partial charge in [-0.25, -0.2) is 0 Å². The lowest BCUT2D eigenvalue weighted by molar-refractivity contribution is -0.114. The van der Waals surface area contributed by atoms with Crippen LogP contribution in [-0.2, 0) is 4.79 Å². The Morgan fingerprint density at radius 3 is 2.50 bits per heavy atom. The molecule has 3 N–H and O–H groups in total. The van der Waals surface area contributed by atoms with Gasteiger partial charge < -0.3 is 16.0 Å². The average molecular weight is 375 g/mol. The van der Waals surface area contributed by atoms with Gasteiger partial charge in [0.05, 0.1) is 6.54 Å². The van der Waals surface area contributed by atoms with Crippen LogP contribution in [0.5, 0.6) is 0 Å². The van der Waals surface area contributed by atoms with Crippen molar-refractivity contribution >= 4 is 34.0 Å². The minimum absolute atomic E-state index is 0.126. The highest BCUT2D eigenvalue weighted by Crippen LogP contribution is 2.18. The van der Waals surface area contributed by atoms with Crippen LogP contribution >= 0.6 is 0 Å². The summed E-state index contributed by atoms with van der Waals surface area (Å²) in [6.45, 7) is 2.88. The third-order valence-corrected chi connectivity index (χ3v) is 4.43. The highest BCUT2D eigenvalue weighted by atomic mass is 16.2. The lowest BCUT2D eigenvalue weighted by Gasteiger charge is -2.10. The Hall–Kier alpha value is -3.34. The van der Waals surface area contributed by atoms with Crippen LogP contribution in [0.2, 0.25) is 0 Å². The summed E-state index contributed by atoms with van der Waals surface area (Å²) in [6, 6.07) is 21.1. The fraction of sp³-hybridized carbons (Fsp3) is 0.217. The standard InChI is InChI=1S/C23H25N3O2/c1-2-3-13-24-23(28)19-9-6-10-21(15-19)26-22(27)16-25-20-12-11-17-7-4-5-8-18(17)14-20/h4-12,14-15,25H,2-3,13,16H2,1H3,(H,24,28)(H,26,27). The number of amides is 2. The molecule has 0 radical (unpaired) electrons. The molecular weight excluding hydrogens is 350 g/mol. The van der Waals surface area contributed by atoms with E-state index in [4.69, 9.17) is 0 Å². The maximum absolute atomic E-state index is 12.3. The molecule has 3 aromatic carbocycles. The highest BCUT2D eigenvalue weighted by molar-refractivity contribution is 5.98. The minimum atomic E-state index is -0.170. The van der Waals surface area contributed by atoms with Gasteiger partial charge in [-0.1, -0.05) is 49.7 Å². The van der Waals surface area contributed by atoms with Gasteiger partial charge in [0.15, 0.2) is 0 Å². The fourth-order valence-corrected chi connectivity index (χ4v) is 2.91. The van der Waals surface area contributed by atoms with E-state index in [1.165, 1.54) is 0 Å². The van der Waals surface area contributed by atoms with Crippen LogP contribution in [0.25, 0.3) is 10.8 Å². The molecule has 0 saturated carbocycles. The van der Waals surface area contributed by atoms with Crippen molar-refractivity contribution in [2.45, 2.75) is 19.8 Å². The van der Waals surface area contributed by atoms with Crippen LogP contribution in [0.4, 0.5) is 11.4 Å². The molecule has 0 spiro atoms. The van der Waals surface area contributed by atoms with Crippen LogP contribution < -0.4 is 16.0 Å². The number of anilines is 2. The van der Waals surface area contributed by atoms with Gasteiger partial charge in [-0.2, -0.15) is 0 Å². The first-order valence-corrected chi connectivity index (χ1v) is 9.56. The van der Waals surface area contributed by atoms with Gasteiger partial charge in [0, 0.05) is 23.5 Å². The number of carbonyl (C=O) groups excluding carboxylic acids is 2. The number of hydrogen-bond acceptors (Lipinski definition) is 3. The van der Waals surface area contributed by atoms with Crippen molar-refractivity contribution in [3.63, 3.8) is 0 Å². The van der Waals surface area contributed by atoms with Crippen molar-refractivity contribution < 1.29 is 9.59 Å². The summed E-state index contributed by atoms with van der Waals surface area (Å²) in [6.07, 6.45) is 1.98. The molecule has 0 fully saturated rings. The van der Waals surface area contributed by atoms with E-state index in [9.17, 15) is 9.59 Å². The van der Waals surface area contributed by atoms with E-state index < -0.39 is 0 Å². The summed E-state index contributed by atoms with van der Waals surface area (Å²) >= 11 is 0. The van der Waals surface area contributed by atoms with Crippen LogP contribution in [0.3, 0.4) is 0 Å². The maximum Gasteiger partial charge on any atom is 0.251 e. The van der Waals surface area contributed by atoms with Crippen LogP contribution in [0.15, 0.2) is 66.7 Å². The number of fused-ring (bicyclic) bond motifs is 1.